The molecule has 0 spiro atoms. The van der Waals surface area contributed by atoms with Crippen LogP contribution in [0.4, 0.5) is 0 Å². The quantitative estimate of drug-likeness (QED) is 0.723. The zero-order chi connectivity index (χ0) is 13.5. The van der Waals surface area contributed by atoms with Crippen molar-refractivity contribution < 1.29 is 9.90 Å². The minimum Gasteiger partial charge on any atom is -0.480 e. The molecule has 0 aliphatic heterocycles. The number of aliphatic carboxylic acids is 1. The highest BCUT2D eigenvalue weighted by atomic mass is 16.4. The maximum atomic E-state index is 11.4. The number of aryl methyl sites for hydroxylation is 1. The number of carboxylic acids is 1. The molecule has 18 heavy (non-hydrogen) atoms. The summed E-state index contributed by atoms with van der Waals surface area (Å²) in [6.45, 7) is 1.47. The second kappa shape index (κ2) is 3.99. The topological polar surface area (TPSA) is 101 Å². The maximum Gasteiger partial charge on any atom is 0.326 e. The monoisotopic (exact) mass is 249 g/mol. The molecule has 0 saturated heterocycles. The van der Waals surface area contributed by atoms with Crippen molar-refractivity contribution in [3.63, 3.8) is 0 Å². The molecule has 0 radical (unpaired) electrons. The average molecular weight is 249 g/mol. The maximum absolute atomic E-state index is 11.4. The van der Waals surface area contributed by atoms with Crippen molar-refractivity contribution in [1.29, 1.82) is 0 Å². The normalized spacial score (nSPS) is 14.6. The van der Waals surface area contributed by atoms with E-state index in [1.54, 1.807) is 25.2 Å². The molecule has 0 aliphatic rings. The van der Waals surface area contributed by atoms with Crippen molar-refractivity contribution in [2.24, 2.45) is 12.8 Å². The molecule has 1 aromatic heterocycles. The minimum atomic E-state index is -1.32. The number of aromatic amines is 1. The molecule has 2 aromatic rings. The van der Waals surface area contributed by atoms with E-state index in [-0.39, 0.29) is 12.1 Å². The van der Waals surface area contributed by atoms with Gasteiger partial charge < -0.3 is 15.8 Å². The van der Waals surface area contributed by atoms with E-state index in [0.717, 1.165) is 16.6 Å². The molecule has 1 unspecified atom stereocenters. The van der Waals surface area contributed by atoms with E-state index in [1.807, 2.05) is 0 Å². The lowest BCUT2D eigenvalue weighted by molar-refractivity contribution is -0.142. The summed E-state index contributed by atoms with van der Waals surface area (Å²) in [4.78, 5) is 25.1. The van der Waals surface area contributed by atoms with Gasteiger partial charge in [0.25, 0.3) is 0 Å². The molecular formula is C12H15N3O3. The summed E-state index contributed by atoms with van der Waals surface area (Å²) in [5.41, 5.74) is 6.43. The Kier molecular flexibility index (Phi) is 2.74. The Bertz CT molecular complexity index is 667. The molecule has 0 amide bonds. The lowest BCUT2D eigenvalue weighted by atomic mass is 9.94. The van der Waals surface area contributed by atoms with Crippen LogP contribution in [0.25, 0.3) is 11.0 Å². The summed E-state index contributed by atoms with van der Waals surface area (Å²) in [5, 5.41) is 8.99. The van der Waals surface area contributed by atoms with E-state index in [9.17, 15) is 9.59 Å². The van der Waals surface area contributed by atoms with Crippen molar-refractivity contribution in [3.05, 3.63) is 34.2 Å². The van der Waals surface area contributed by atoms with Crippen molar-refractivity contribution in [2.45, 2.75) is 18.9 Å². The van der Waals surface area contributed by atoms with E-state index in [4.69, 9.17) is 10.8 Å². The van der Waals surface area contributed by atoms with E-state index < -0.39 is 11.5 Å². The third-order valence-electron chi connectivity index (χ3n) is 3.03. The molecule has 2 rings (SSSR count). The molecule has 0 saturated carbocycles. The van der Waals surface area contributed by atoms with Crippen LogP contribution in [0.1, 0.15) is 12.5 Å². The minimum absolute atomic E-state index is 0.198. The van der Waals surface area contributed by atoms with Gasteiger partial charge in [-0.05, 0) is 24.6 Å². The highest BCUT2D eigenvalue weighted by Gasteiger charge is 2.28. The molecule has 1 aromatic carbocycles. The Morgan fingerprint density at radius 2 is 2.22 bits per heavy atom. The zero-order valence-corrected chi connectivity index (χ0v) is 10.2. The van der Waals surface area contributed by atoms with Crippen molar-refractivity contribution in [1.82, 2.24) is 9.55 Å². The number of aromatic nitrogens is 2. The summed E-state index contributed by atoms with van der Waals surface area (Å²) < 4.78 is 1.48. The van der Waals surface area contributed by atoms with Gasteiger partial charge in [-0.15, -0.1) is 0 Å². The Morgan fingerprint density at radius 1 is 1.56 bits per heavy atom. The number of hydrogen-bond acceptors (Lipinski definition) is 3. The number of nitrogens with two attached hydrogens (primary N) is 1. The van der Waals surface area contributed by atoms with E-state index >= 15 is 0 Å². The van der Waals surface area contributed by atoms with Crippen LogP contribution in [0, 0.1) is 0 Å². The largest absolute Gasteiger partial charge is 0.480 e. The summed E-state index contributed by atoms with van der Waals surface area (Å²) in [6.07, 6.45) is 0.206. The summed E-state index contributed by atoms with van der Waals surface area (Å²) >= 11 is 0. The first-order chi connectivity index (χ1) is 8.31. The standard InChI is InChI=1S/C12H15N3O3/c1-12(13,10(16)17)6-7-3-4-8-9(5-7)15(2)11(18)14-8/h3-5H,6,13H2,1-2H3,(H,14,18)(H,16,17). The Balaban J connectivity index is 2.45. The molecular weight excluding hydrogens is 234 g/mol. The number of hydrogen-bond donors (Lipinski definition) is 3. The number of carbonyl (C=O) groups is 1. The van der Waals surface area contributed by atoms with Gasteiger partial charge in [0.05, 0.1) is 11.0 Å². The fourth-order valence-electron chi connectivity index (χ4n) is 1.88. The second-order valence-electron chi connectivity index (χ2n) is 4.74. The molecule has 6 heteroatoms. The van der Waals surface area contributed by atoms with Gasteiger partial charge in [-0.25, -0.2) is 4.79 Å². The third-order valence-corrected chi connectivity index (χ3v) is 3.03. The van der Waals surface area contributed by atoms with Crippen LogP contribution in [0.3, 0.4) is 0 Å². The van der Waals surface area contributed by atoms with Crippen LogP contribution in [-0.2, 0) is 18.3 Å². The first-order valence-electron chi connectivity index (χ1n) is 5.51. The van der Waals surface area contributed by atoms with Gasteiger partial charge in [-0.3, -0.25) is 9.36 Å². The lowest BCUT2D eigenvalue weighted by Crippen LogP contribution is -2.46. The molecule has 1 atom stereocenters. The van der Waals surface area contributed by atoms with Gasteiger partial charge in [0.15, 0.2) is 0 Å². The smallest absolute Gasteiger partial charge is 0.326 e. The summed E-state index contributed by atoms with van der Waals surface area (Å²) in [7, 11) is 1.66. The summed E-state index contributed by atoms with van der Waals surface area (Å²) in [5.74, 6) is -1.05. The highest BCUT2D eigenvalue weighted by Crippen LogP contribution is 2.16. The molecule has 0 bridgehead atoms. The number of H-pyrrole nitrogens is 1. The lowest BCUT2D eigenvalue weighted by Gasteiger charge is -2.19. The van der Waals surface area contributed by atoms with Gasteiger partial charge in [0, 0.05) is 13.5 Å². The SMILES string of the molecule is Cn1c(=O)[nH]c2ccc(CC(C)(N)C(=O)O)cc21. The van der Waals surface area contributed by atoms with Gasteiger partial charge in [0.1, 0.15) is 5.54 Å². The molecule has 96 valence electrons. The van der Waals surface area contributed by atoms with E-state index in [1.165, 1.54) is 11.5 Å². The van der Waals surface area contributed by atoms with Gasteiger partial charge in [0.2, 0.25) is 0 Å². The molecule has 1 heterocycles. The third kappa shape index (κ3) is 2.02. The molecule has 0 fully saturated rings. The van der Waals surface area contributed by atoms with Crippen molar-refractivity contribution in [2.75, 3.05) is 0 Å². The first-order valence-corrected chi connectivity index (χ1v) is 5.51. The van der Waals surface area contributed by atoms with Crippen molar-refractivity contribution in [3.8, 4) is 0 Å². The van der Waals surface area contributed by atoms with Gasteiger partial charge in [-0.2, -0.15) is 0 Å². The predicted octanol–water partition coefficient (Wildman–Crippen LogP) is 0.211. The fraction of sp³-hybridized carbons (Fsp3) is 0.333. The Morgan fingerprint density at radius 3 is 2.83 bits per heavy atom. The number of carboxylic acid groups (broad SMARTS) is 1. The average Bonchev–Trinajstić information content (AvgIpc) is 2.55. The number of nitrogens with one attached hydrogen (secondary N) is 1. The highest BCUT2D eigenvalue weighted by molar-refractivity contribution is 5.79. The van der Waals surface area contributed by atoms with Crippen LogP contribution in [-0.4, -0.2) is 26.2 Å². The number of benzene rings is 1. The van der Waals surface area contributed by atoms with Gasteiger partial charge in [-0.1, -0.05) is 6.07 Å². The van der Waals surface area contributed by atoms with Crippen LogP contribution in [0.15, 0.2) is 23.0 Å². The van der Waals surface area contributed by atoms with E-state index in [0.29, 0.717) is 0 Å². The fourth-order valence-corrected chi connectivity index (χ4v) is 1.88. The summed E-state index contributed by atoms with van der Waals surface area (Å²) in [6, 6.07) is 5.30. The zero-order valence-electron chi connectivity index (χ0n) is 10.2. The number of fused-ring (bicyclic) bond motifs is 1. The van der Waals surface area contributed by atoms with Crippen LogP contribution in [0.2, 0.25) is 0 Å². The first kappa shape index (κ1) is 12.4. The van der Waals surface area contributed by atoms with Crippen LogP contribution < -0.4 is 11.4 Å². The van der Waals surface area contributed by atoms with E-state index in [2.05, 4.69) is 4.98 Å². The van der Waals surface area contributed by atoms with Gasteiger partial charge >= 0.3 is 11.7 Å². The van der Waals surface area contributed by atoms with Crippen LogP contribution >= 0.6 is 0 Å². The number of imidazole rings is 1. The predicted molar refractivity (Wildman–Crippen MR) is 67.5 cm³/mol. The molecule has 0 aliphatic carbocycles. The number of nitrogens with zero attached hydrogens (tertiary/aromatic N) is 1. The molecule has 4 N–H and O–H groups in total. The Hall–Kier alpha value is -2.08. The Labute approximate surface area is 103 Å². The van der Waals surface area contributed by atoms with Crippen LogP contribution in [0.5, 0.6) is 0 Å². The molecule has 6 nitrogen and oxygen atoms in total. The second-order valence-corrected chi connectivity index (χ2v) is 4.74. The number of rotatable bonds is 3. The van der Waals surface area contributed by atoms with Crippen molar-refractivity contribution >= 4 is 17.0 Å².